The zero-order valence-corrected chi connectivity index (χ0v) is 14.1. The molecule has 26 heavy (non-hydrogen) atoms. The second-order valence-electron chi connectivity index (χ2n) is 5.28. The minimum Gasteiger partial charge on any atom is -0.504 e. The summed E-state index contributed by atoms with van der Waals surface area (Å²) in [6.07, 6.45) is -4.78. The minimum absolute atomic E-state index is 0.0298. The van der Waals surface area contributed by atoms with E-state index in [1.54, 1.807) is 0 Å². The molecule has 0 spiro atoms. The first-order valence-corrected chi connectivity index (χ1v) is 7.72. The predicted molar refractivity (Wildman–Crippen MR) is 89.5 cm³/mol. The fourth-order valence-electron chi connectivity index (χ4n) is 2.43. The minimum atomic E-state index is -4.78. The van der Waals surface area contributed by atoms with Crippen LogP contribution in [-0.4, -0.2) is 25.5 Å². The van der Waals surface area contributed by atoms with E-state index in [2.05, 4.69) is 5.10 Å². The lowest BCUT2D eigenvalue weighted by Crippen LogP contribution is -2.07. The van der Waals surface area contributed by atoms with Crippen LogP contribution in [-0.2, 0) is 6.18 Å². The number of phenols is 3. The van der Waals surface area contributed by atoms with Crippen LogP contribution < -0.4 is 0 Å². The van der Waals surface area contributed by atoms with E-state index in [0.29, 0.717) is 0 Å². The third-order valence-electron chi connectivity index (χ3n) is 3.64. The van der Waals surface area contributed by atoms with E-state index >= 15 is 0 Å². The third kappa shape index (κ3) is 3.02. The summed E-state index contributed by atoms with van der Waals surface area (Å²) in [7, 11) is 0. The van der Waals surface area contributed by atoms with Crippen molar-refractivity contribution in [2.45, 2.75) is 6.18 Å². The van der Waals surface area contributed by atoms with Crippen LogP contribution in [0.25, 0.3) is 22.4 Å². The van der Waals surface area contributed by atoms with Crippen molar-refractivity contribution in [1.29, 1.82) is 0 Å². The molecule has 0 amide bonds. The van der Waals surface area contributed by atoms with Crippen LogP contribution in [0.4, 0.5) is 13.2 Å². The molecule has 0 fully saturated rings. The molecule has 136 valence electrons. The van der Waals surface area contributed by atoms with Gasteiger partial charge in [-0.2, -0.15) is 18.3 Å². The number of benzene rings is 2. The molecule has 1 aromatic heterocycles. The van der Waals surface area contributed by atoms with Crippen LogP contribution in [0.3, 0.4) is 0 Å². The summed E-state index contributed by atoms with van der Waals surface area (Å²) in [6.45, 7) is 0. The maximum Gasteiger partial charge on any atom is 0.433 e. The van der Waals surface area contributed by atoms with Crippen molar-refractivity contribution in [2.75, 3.05) is 0 Å². The van der Waals surface area contributed by atoms with Crippen LogP contribution in [0.1, 0.15) is 5.69 Å². The first kappa shape index (κ1) is 18.2. The molecule has 3 rings (SSSR count). The molecule has 0 bridgehead atoms. The second-order valence-corrected chi connectivity index (χ2v) is 6.09. The zero-order chi connectivity index (χ0) is 19.2. The zero-order valence-electron chi connectivity index (χ0n) is 12.6. The molecule has 3 aromatic rings. The van der Waals surface area contributed by atoms with Crippen LogP contribution in [0.15, 0.2) is 30.3 Å². The van der Waals surface area contributed by atoms with Gasteiger partial charge in [0.2, 0.25) is 5.75 Å². The Bertz CT molecular complexity index is 1000. The van der Waals surface area contributed by atoms with Crippen molar-refractivity contribution in [3.05, 3.63) is 46.1 Å². The van der Waals surface area contributed by atoms with Crippen LogP contribution in [0.5, 0.6) is 17.2 Å². The van der Waals surface area contributed by atoms with Crippen molar-refractivity contribution in [3.8, 4) is 39.6 Å². The highest BCUT2D eigenvalue weighted by Crippen LogP contribution is 2.47. The number of alkyl halides is 3. The summed E-state index contributed by atoms with van der Waals surface area (Å²) in [4.78, 5) is 0. The first-order valence-electron chi connectivity index (χ1n) is 6.96. The summed E-state index contributed by atoms with van der Waals surface area (Å²) in [5.74, 6) is -2.32. The Morgan fingerprint density at radius 2 is 1.62 bits per heavy atom. The first-order chi connectivity index (χ1) is 12.1. The van der Waals surface area contributed by atoms with Gasteiger partial charge in [-0.15, -0.1) is 0 Å². The number of hydrogen-bond donors (Lipinski definition) is 4. The summed E-state index contributed by atoms with van der Waals surface area (Å²) in [5.41, 5.74) is -2.02. The van der Waals surface area contributed by atoms with Crippen molar-refractivity contribution in [2.24, 2.45) is 0 Å². The maximum atomic E-state index is 13.4. The fraction of sp³-hybridized carbons (Fsp3) is 0.0625. The average Bonchev–Trinajstić information content (AvgIpc) is 3.00. The van der Waals surface area contributed by atoms with Gasteiger partial charge >= 0.3 is 6.18 Å². The number of hydrogen-bond acceptors (Lipinski definition) is 4. The lowest BCUT2D eigenvalue weighted by atomic mass is 9.97. The molecule has 0 saturated carbocycles. The monoisotopic (exact) mass is 404 g/mol. The molecule has 0 saturated heterocycles. The number of halogens is 5. The Hall–Kier alpha value is -2.58. The number of rotatable bonds is 2. The van der Waals surface area contributed by atoms with Crippen molar-refractivity contribution < 1.29 is 28.5 Å². The Morgan fingerprint density at radius 3 is 2.23 bits per heavy atom. The van der Waals surface area contributed by atoms with Gasteiger partial charge in [-0.3, -0.25) is 5.10 Å². The molecule has 0 aliphatic carbocycles. The lowest BCUT2D eigenvalue weighted by Gasteiger charge is -2.11. The van der Waals surface area contributed by atoms with E-state index in [1.165, 1.54) is 18.2 Å². The molecule has 0 atom stereocenters. The summed E-state index contributed by atoms with van der Waals surface area (Å²) in [5, 5.41) is 34.8. The molecule has 1 heterocycles. The topological polar surface area (TPSA) is 89.4 Å². The fourth-order valence-corrected chi connectivity index (χ4v) is 2.73. The van der Waals surface area contributed by atoms with E-state index < -0.39 is 34.7 Å². The number of aromatic hydroxyl groups is 3. The number of nitrogens with zero attached hydrogens (tertiary/aromatic N) is 1. The van der Waals surface area contributed by atoms with E-state index in [4.69, 9.17) is 23.2 Å². The quantitative estimate of drug-likeness (QED) is 0.442. The Morgan fingerprint density at radius 1 is 0.923 bits per heavy atom. The molecular formula is C16H9Cl2F3N2O3. The molecule has 0 aliphatic heterocycles. The molecule has 0 aliphatic rings. The largest absolute Gasteiger partial charge is 0.504 e. The normalized spacial score (nSPS) is 11.7. The van der Waals surface area contributed by atoms with Crippen LogP contribution >= 0.6 is 23.2 Å². The van der Waals surface area contributed by atoms with E-state index in [1.807, 2.05) is 5.10 Å². The summed E-state index contributed by atoms with van der Waals surface area (Å²) in [6, 6.07) is 6.01. The highest BCUT2D eigenvalue weighted by atomic mass is 35.5. The van der Waals surface area contributed by atoms with Crippen molar-refractivity contribution in [3.63, 3.8) is 0 Å². The molecule has 10 heteroatoms. The van der Waals surface area contributed by atoms with Gasteiger partial charge in [-0.1, -0.05) is 29.3 Å². The third-order valence-corrected chi connectivity index (χ3v) is 4.38. The highest BCUT2D eigenvalue weighted by molar-refractivity contribution is 6.42. The molecule has 2 aromatic carbocycles. The number of aromatic amines is 1. The van der Waals surface area contributed by atoms with Crippen LogP contribution in [0, 0.1) is 0 Å². The summed E-state index contributed by atoms with van der Waals surface area (Å²) < 4.78 is 40.2. The van der Waals surface area contributed by atoms with Gasteiger partial charge in [0, 0.05) is 11.1 Å². The molecular weight excluding hydrogens is 396 g/mol. The van der Waals surface area contributed by atoms with Crippen molar-refractivity contribution in [1.82, 2.24) is 10.2 Å². The van der Waals surface area contributed by atoms with Gasteiger partial charge in [-0.25, -0.2) is 0 Å². The number of phenolic OH excluding ortho intramolecular Hbond substituents is 3. The van der Waals surface area contributed by atoms with E-state index in [-0.39, 0.29) is 26.9 Å². The molecule has 5 nitrogen and oxygen atoms in total. The maximum absolute atomic E-state index is 13.4. The average molecular weight is 405 g/mol. The Balaban J connectivity index is 2.33. The van der Waals surface area contributed by atoms with Crippen molar-refractivity contribution >= 4 is 23.2 Å². The van der Waals surface area contributed by atoms with E-state index in [9.17, 15) is 28.5 Å². The second kappa shape index (κ2) is 6.30. The predicted octanol–water partition coefficient (Wildman–Crippen LogP) is 5.19. The summed E-state index contributed by atoms with van der Waals surface area (Å²) >= 11 is 11.7. The Kier molecular flexibility index (Phi) is 4.41. The standard InChI is InChI=1S/C16H9Cl2F3N2O3/c17-8-3-1-6(5-9(8)18)11-12(22-23-15(11)16(19,20)21)7-2-4-10(24)14(26)13(7)25/h1-5,24-26H,(H,22,23). The molecule has 0 unspecified atom stereocenters. The SMILES string of the molecule is Oc1ccc(-c2n[nH]c(C(F)(F)F)c2-c2ccc(Cl)c(Cl)c2)c(O)c1O. The number of nitrogens with one attached hydrogen (secondary N) is 1. The number of H-pyrrole nitrogens is 1. The smallest absolute Gasteiger partial charge is 0.433 e. The van der Waals surface area contributed by atoms with Gasteiger partial charge in [-0.05, 0) is 29.8 Å². The molecule has 0 radical (unpaired) electrons. The highest BCUT2D eigenvalue weighted by Gasteiger charge is 2.38. The Labute approximate surface area is 154 Å². The van der Waals surface area contributed by atoms with Crippen LogP contribution in [0.2, 0.25) is 10.0 Å². The number of aromatic nitrogens is 2. The van der Waals surface area contributed by atoms with Gasteiger partial charge in [0.1, 0.15) is 11.4 Å². The van der Waals surface area contributed by atoms with Gasteiger partial charge < -0.3 is 15.3 Å². The van der Waals surface area contributed by atoms with Gasteiger partial charge in [0.15, 0.2) is 11.5 Å². The lowest BCUT2D eigenvalue weighted by molar-refractivity contribution is -0.140. The van der Waals surface area contributed by atoms with Gasteiger partial charge in [0.25, 0.3) is 0 Å². The van der Waals surface area contributed by atoms with E-state index in [0.717, 1.165) is 12.1 Å². The van der Waals surface area contributed by atoms with Gasteiger partial charge in [0.05, 0.1) is 10.0 Å². The molecule has 4 N–H and O–H groups in total.